The predicted octanol–water partition coefficient (Wildman–Crippen LogP) is 5.29. The fourth-order valence-electron chi connectivity index (χ4n) is 3.81. The summed E-state index contributed by atoms with van der Waals surface area (Å²) in [7, 11) is 0. The molecule has 5 heteroatoms. The number of benzene rings is 2. The number of hydrogen-bond donors (Lipinski definition) is 1. The Morgan fingerprint density at radius 2 is 1.89 bits per heavy atom. The number of aromatic amines is 1. The molecule has 0 fully saturated rings. The van der Waals surface area contributed by atoms with Crippen LogP contribution < -0.4 is 4.90 Å². The van der Waals surface area contributed by atoms with Crippen LogP contribution in [0.5, 0.6) is 0 Å². The molecule has 2 aromatic carbocycles. The number of aliphatic imine (C=N–C) groups is 1. The van der Waals surface area contributed by atoms with Crippen LogP contribution in [-0.2, 0) is 6.42 Å². The van der Waals surface area contributed by atoms with Gasteiger partial charge in [0.05, 0.1) is 0 Å². The fourth-order valence-corrected chi connectivity index (χ4v) is 3.81. The molecule has 28 heavy (non-hydrogen) atoms. The molecule has 0 amide bonds. The van der Waals surface area contributed by atoms with Gasteiger partial charge in [-0.25, -0.2) is 9.37 Å². The molecule has 0 saturated heterocycles. The molecule has 0 saturated carbocycles. The Bertz CT molecular complexity index is 932. The van der Waals surface area contributed by atoms with Gasteiger partial charge in [-0.1, -0.05) is 43.7 Å². The molecule has 144 valence electrons. The molecule has 1 aliphatic heterocycles. The number of rotatable bonds is 7. The Morgan fingerprint density at radius 1 is 1.07 bits per heavy atom. The Morgan fingerprint density at radius 3 is 2.64 bits per heavy atom. The molecule has 3 aromatic rings. The molecule has 1 N–H and O–H groups in total. The second-order valence-electron chi connectivity index (χ2n) is 7.10. The summed E-state index contributed by atoms with van der Waals surface area (Å²) in [6.07, 6.45) is 7.33. The maximum atomic E-state index is 13.5. The second kappa shape index (κ2) is 8.38. The molecular weight excluding hydrogens is 351 g/mol. The highest BCUT2D eigenvalue weighted by Gasteiger charge is 2.28. The molecule has 0 aliphatic carbocycles. The third-order valence-corrected chi connectivity index (χ3v) is 5.12. The summed E-state index contributed by atoms with van der Waals surface area (Å²) in [6.45, 7) is 3.02. The highest BCUT2D eigenvalue weighted by Crippen LogP contribution is 2.37. The van der Waals surface area contributed by atoms with Crippen LogP contribution in [0.15, 0.2) is 65.9 Å². The third-order valence-electron chi connectivity index (χ3n) is 5.12. The van der Waals surface area contributed by atoms with Gasteiger partial charge < -0.3 is 9.88 Å². The van der Waals surface area contributed by atoms with Crippen molar-refractivity contribution in [3.8, 4) is 0 Å². The van der Waals surface area contributed by atoms with Crippen LogP contribution in [0.25, 0.3) is 0 Å². The van der Waals surface area contributed by atoms with Gasteiger partial charge in [-0.15, -0.1) is 0 Å². The number of aryl methyl sites for hydroxylation is 1. The van der Waals surface area contributed by atoms with Crippen molar-refractivity contribution in [1.29, 1.82) is 0 Å². The Kier molecular flexibility index (Phi) is 5.51. The lowest BCUT2D eigenvalue weighted by Gasteiger charge is -2.37. The van der Waals surface area contributed by atoms with Crippen molar-refractivity contribution >= 4 is 11.4 Å². The van der Waals surface area contributed by atoms with Crippen LogP contribution in [0.3, 0.4) is 0 Å². The normalized spacial score (nSPS) is 16.0. The zero-order valence-electron chi connectivity index (χ0n) is 16.1. The topological polar surface area (TPSA) is 44.3 Å². The predicted molar refractivity (Wildman–Crippen MR) is 111 cm³/mol. The minimum atomic E-state index is -0.220. The molecule has 0 spiro atoms. The van der Waals surface area contributed by atoms with E-state index in [2.05, 4.69) is 46.1 Å². The first-order valence-electron chi connectivity index (χ1n) is 9.92. The van der Waals surface area contributed by atoms with Gasteiger partial charge in [-0.2, -0.15) is 0 Å². The molecule has 1 aliphatic rings. The number of hydrogen-bond acceptors (Lipinski definition) is 3. The number of nitrogens with one attached hydrogen (secondary N) is 1. The molecule has 1 aromatic heterocycles. The number of imidazole rings is 1. The average Bonchev–Trinajstić information content (AvgIpc) is 3.23. The van der Waals surface area contributed by atoms with Gasteiger partial charge in [0.2, 0.25) is 0 Å². The lowest BCUT2D eigenvalue weighted by atomic mass is 9.98. The largest absolute Gasteiger partial charge is 0.349 e. The second-order valence-corrected chi connectivity index (χ2v) is 7.10. The molecule has 4 nitrogen and oxygen atoms in total. The van der Waals surface area contributed by atoms with E-state index in [0.717, 1.165) is 49.3 Å². The average molecular weight is 376 g/mol. The zero-order valence-corrected chi connectivity index (χ0v) is 16.1. The monoisotopic (exact) mass is 376 g/mol. The van der Waals surface area contributed by atoms with E-state index in [1.54, 1.807) is 6.20 Å². The lowest BCUT2D eigenvalue weighted by Crippen LogP contribution is -2.34. The molecule has 1 atom stereocenters. The van der Waals surface area contributed by atoms with E-state index in [1.165, 1.54) is 23.4 Å². The summed E-state index contributed by atoms with van der Waals surface area (Å²) in [5, 5.41) is 0. The van der Waals surface area contributed by atoms with Crippen LogP contribution >= 0.6 is 0 Å². The summed E-state index contributed by atoms with van der Waals surface area (Å²) in [5.74, 6) is 0.779. The maximum Gasteiger partial charge on any atom is 0.147 e. The SMILES string of the molecule is CCCC1=NC(c2ccc(F)cc2)N(CCCc2ncc[nH]2)c2ccccc21. The molecule has 0 bridgehead atoms. The zero-order chi connectivity index (χ0) is 19.3. The molecule has 2 heterocycles. The number of fused-ring (bicyclic) bond motifs is 1. The van der Waals surface area contributed by atoms with Crippen molar-refractivity contribution < 1.29 is 4.39 Å². The standard InChI is InChI=1S/C23H25FN4/c1-2-6-20-19-7-3-4-8-21(19)28(16-5-9-22-25-14-15-26-22)23(27-20)17-10-12-18(24)13-11-17/h3-4,7-8,10-15,23H,2,5-6,9,16H2,1H3,(H,25,26). The molecular formula is C23H25FN4. The number of aromatic nitrogens is 2. The number of H-pyrrole nitrogens is 1. The van der Waals surface area contributed by atoms with Crippen LogP contribution in [0.1, 0.15) is 49.3 Å². The molecule has 0 radical (unpaired) electrons. The van der Waals surface area contributed by atoms with Gasteiger partial charge in [0.25, 0.3) is 0 Å². The summed E-state index contributed by atoms with van der Waals surface area (Å²) in [5.41, 5.74) is 4.56. The van der Waals surface area contributed by atoms with Gasteiger partial charge in [0, 0.05) is 42.3 Å². The van der Waals surface area contributed by atoms with E-state index in [0.29, 0.717) is 0 Å². The number of anilines is 1. The van der Waals surface area contributed by atoms with Gasteiger partial charge in [-0.3, -0.25) is 4.99 Å². The van der Waals surface area contributed by atoms with E-state index >= 15 is 0 Å². The maximum absolute atomic E-state index is 13.5. The Labute approximate surface area is 165 Å². The van der Waals surface area contributed by atoms with Crippen molar-refractivity contribution in [2.45, 2.75) is 38.8 Å². The van der Waals surface area contributed by atoms with E-state index in [4.69, 9.17) is 4.99 Å². The molecule has 1 unspecified atom stereocenters. The van der Waals surface area contributed by atoms with Crippen LogP contribution in [0.2, 0.25) is 0 Å². The van der Waals surface area contributed by atoms with E-state index in [9.17, 15) is 4.39 Å². The molecule has 4 rings (SSSR count). The minimum absolute atomic E-state index is 0.131. The Hall–Kier alpha value is -2.95. The first kappa shape index (κ1) is 18.4. The first-order chi connectivity index (χ1) is 13.8. The minimum Gasteiger partial charge on any atom is -0.349 e. The summed E-state index contributed by atoms with van der Waals surface area (Å²) in [4.78, 5) is 14.9. The highest BCUT2D eigenvalue weighted by molar-refractivity contribution is 6.06. The van der Waals surface area contributed by atoms with Gasteiger partial charge in [0.15, 0.2) is 0 Å². The van der Waals surface area contributed by atoms with Crippen molar-refractivity contribution in [1.82, 2.24) is 9.97 Å². The lowest BCUT2D eigenvalue weighted by molar-refractivity contribution is 0.602. The van der Waals surface area contributed by atoms with Crippen LogP contribution in [-0.4, -0.2) is 22.2 Å². The summed E-state index contributed by atoms with van der Waals surface area (Å²) >= 11 is 0. The van der Waals surface area contributed by atoms with E-state index in [1.807, 2.05) is 18.3 Å². The highest BCUT2D eigenvalue weighted by atomic mass is 19.1. The Balaban J connectivity index is 1.67. The number of para-hydroxylation sites is 1. The van der Waals surface area contributed by atoms with Crippen molar-refractivity contribution in [2.75, 3.05) is 11.4 Å². The van der Waals surface area contributed by atoms with E-state index in [-0.39, 0.29) is 12.0 Å². The van der Waals surface area contributed by atoms with Gasteiger partial charge >= 0.3 is 0 Å². The summed E-state index contributed by atoms with van der Waals surface area (Å²) in [6, 6.07) is 15.2. The van der Waals surface area contributed by atoms with E-state index < -0.39 is 0 Å². The number of nitrogens with zero attached hydrogens (tertiary/aromatic N) is 3. The van der Waals surface area contributed by atoms with Crippen molar-refractivity contribution in [3.05, 3.63) is 83.7 Å². The van der Waals surface area contributed by atoms with Crippen LogP contribution in [0, 0.1) is 5.82 Å². The van der Waals surface area contributed by atoms with Gasteiger partial charge in [-0.05, 0) is 36.6 Å². The third kappa shape index (κ3) is 3.84. The van der Waals surface area contributed by atoms with Crippen molar-refractivity contribution in [2.24, 2.45) is 4.99 Å². The van der Waals surface area contributed by atoms with Crippen LogP contribution in [0.4, 0.5) is 10.1 Å². The first-order valence-corrected chi connectivity index (χ1v) is 9.92. The smallest absolute Gasteiger partial charge is 0.147 e. The summed E-state index contributed by atoms with van der Waals surface area (Å²) < 4.78 is 13.5. The fraction of sp³-hybridized carbons (Fsp3) is 0.304. The number of halogens is 1. The van der Waals surface area contributed by atoms with Crippen molar-refractivity contribution in [3.63, 3.8) is 0 Å². The van der Waals surface area contributed by atoms with Gasteiger partial charge in [0.1, 0.15) is 17.8 Å². The quantitative estimate of drug-likeness (QED) is 0.609.